The first-order chi connectivity index (χ1) is 9.19. The molecular formula is C16H33NO2SSi. The van der Waals surface area contributed by atoms with Crippen molar-refractivity contribution >= 4 is 25.0 Å². The Morgan fingerprint density at radius 1 is 1.19 bits per heavy atom. The first kappa shape index (κ1) is 19.0. The molecule has 0 aromatic rings. The summed E-state index contributed by atoms with van der Waals surface area (Å²) in [6.07, 6.45) is 3.03. The molecule has 21 heavy (non-hydrogen) atoms. The number of hydrogen-bond acceptors (Lipinski definition) is 2. The maximum absolute atomic E-state index is 12.1. The second-order valence-electron chi connectivity index (χ2n) is 8.91. The van der Waals surface area contributed by atoms with Gasteiger partial charge in [0.15, 0.2) is 8.32 Å². The monoisotopic (exact) mass is 331 g/mol. The molecule has 0 radical (unpaired) electrons. The van der Waals surface area contributed by atoms with Crippen molar-refractivity contribution in [2.24, 2.45) is 4.40 Å². The highest BCUT2D eigenvalue weighted by molar-refractivity contribution is 7.85. The van der Waals surface area contributed by atoms with Gasteiger partial charge >= 0.3 is 0 Å². The van der Waals surface area contributed by atoms with Gasteiger partial charge in [-0.3, -0.25) is 0 Å². The molecular weight excluding hydrogens is 298 g/mol. The van der Waals surface area contributed by atoms with Gasteiger partial charge in [-0.2, -0.15) is 4.40 Å². The van der Waals surface area contributed by atoms with Crippen LogP contribution in [0.3, 0.4) is 0 Å². The van der Waals surface area contributed by atoms with Crippen LogP contribution >= 0.6 is 0 Å². The highest BCUT2D eigenvalue weighted by Crippen LogP contribution is 2.49. The van der Waals surface area contributed by atoms with E-state index in [1.54, 1.807) is 0 Å². The van der Waals surface area contributed by atoms with Crippen molar-refractivity contribution in [2.45, 2.75) is 96.2 Å². The minimum Gasteiger partial charge on any atom is -0.411 e. The molecule has 0 spiro atoms. The molecule has 1 saturated carbocycles. The van der Waals surface area contributed by atoms with Crippen LogP contribution < -0.4 is 0 Å². The van der Waals surface area contributed by atoms with Gasteiger partial charge in [0, 0.05) is 12.1 Å². The molecule has 0 aromatic heterocycles. The molecule has 0 aliphatic heterocycles. The van der Waals surface area contributed by atoms with Gasteiger partial charge in [0.25, 0.3) is 0 Å². The number of nitrogens with zero attached hydrogens (tertiary/aromatic N) is 1. The van der Waals surface area contributed by atoms with Crippen molar-refractivity contribution in [3.05, 3.63) is 0 Å². The zero-order chi connectivity index (χ0) is 16.7. The predicted octanol–water partition coefficient (Wildman–Crippen LogP) is 4.85. The van der Waals surface area contributed by atoms with Gasteiger partial charge in [0.05, 0.1) is 10.3 Å². The summed E-state index contributed by atoms with van der Waals surface area (Å²) >= 11 is 0. The molecule has 0 amide bonds. The van der Waals surface area contributed by atoms with Gasteiger partial charge in [-0.15, -0.1) is 0 Å². The average Bonchev–Trinajstić information content (AvgIpc) is 2.92. The lowest BCUT2D eigenvalue weighted by Crippen LogP contribution is -2.45. The van der Waals surface area contributed by atoms with E-state index in [-0.39, 0.29) is 15.4 Å². The van der Waals surface area contributed by atoms with Gasteiger partial charge in [0.2, 0.25) is 0 Å². The minimum atomic E-state index is -1.75. The molecule has 0 N–H and O–H groups in total. The second-order valence-corrected chi connectivity index (χ2v) is 15.5. The maximum atomic E-state index is 12.1. The smallest absolute Gasteiger partial charge is 0.192 e. The van der Waals surface area contributed by atoms with E-state index in [0.29, 0.717) is 0 Å². The molecule has 1 aliphatic rings. The van der Waals surface area contributed by atoms with E-state index in [1.807, 2.05) is 27.7 Å². The van der Waals surface area contributed by atoms with E-state index in [4.69, 9.17) is 4.43 Å². The number of rotatable bonds is 5. The van der Waals surface area contributed by atoms with Crippen molar-refractivity contribution in [3.63, 3.8) is 0 Å². The highest BCUT2D eigenvalue weighted by atomic mass is 32.2. The van der Waals surface area contributed by atoms with E-state index < -0.39 is 19.3 Å². The van der Waals surface area contributed by atoms with E-state index in [1.165, 1.54) is 0 Å². The van der Waals surface area contributed by atoms with Crippen molar-refractivity contribution in [2.75, 3.05) is 0 Å². The molecule has 1 unspecified atom stereocenters. The average molecular weight is 332 g/mol. The van der Waals surface area contributed by atoms with E-state index >= 15 is 0 Å². The zero-order valence-electron chi connectivity index (χ0n) is 15.3. The molecule has 0 saturated heterocycles. The molecule has 1 fully saturated rings. The molecule has 0 bridgehead atoms. The molecule has 1 aliphatic carbocycles. The largest absolute Gasteiger partial charge is 0.411 e. The molecule has 3 nitrogen and oxygen atoms in total. The van der Waals surface area contributed by atoms with Crippen molar-refractivity contribution in [3.8, 4) is 0 Å². The SMILES string of the molecule is C/C(CC1(O[Si](C)(C)C(C)(C)C)CC1)=N\S(=O)C(C)(C)C. The van der Waals surface area contributed by atoms with Crippen LogP contribution in [-0.4, -0.2) is 28.6 Å². The Balaban J connectivity index is 2.75. The quantitative estimate of drug-likeness (QED) is 0.533. The third-order valence-corrected chi connectivity index (χ3v) is 10.5. The topological polar surface area (TPSA) is 38.7 Å². The molecule has 5 heteroatoms. The van der Waals surface area contributed by atoms with E-state index in [2.05, 4.69) is 38.3 Å². The summed E-state index contributed by atoms with van der Waals surface area (Å²) in [5.41, 5.74) is 0.929. The summed E-state index contributed by atoms with van der Waals surface area (Å²) in [4.78, 5) is 0. The number of hydrogen-bond donors (Lipinski definition) is 0. The minimum absolute atomic E-state index is 0.0291. The first-order valence-corrected chi connectivity index (χ1v) is 11.9. The van der Waals surface area contributed by atoms with Crippen LogP contribution in [0.15, 0.2) is 4.40 Å². The van der Waals surface area contributed by atoms with Gasteiger partial charge in [-0.25, -0.2) is 4.21 Å². The Morgan fingerprint density at radius 2 is 1.67 bits per heavy atom. The zero-order valence-corrected chi connectivity index (χ0v) is 17.1. The van der Waals surface area contributed by atoms with Crippen LogP contribution in [0.2, 0.25) is 18.1 Å². The van der Waals surface area contributed by atoms with E-state index in [0.717, 1.165) is 25.0 Å². The van der Waals surface area contributed by atoms with Crippen LogP contribution in [0, 0.1) is 0 Å². The molecule has 0 heterocycles. The summed E-state index contributed by atoms with van der Waals surface area (Å²) in [7, 11) is -2.92. The Labute approximate surface area is 134 Å². The van der Waals surface area contributed by atoms with Crippen LogP contribution in [0.25, 0.3) is 0 Å². The van der Waals surface area contributed by atoms with Gasteiger partial charge in [-0.05, 0) is 58.7 Å². The lowest BCUT2D eigenvalue weighted by Gasteiger charge is -2.39. The molecule has 1 rings (SSSR count). The van der Waals surface area contributed by atoms with Crippen molar-refractivity contribution < 1.29 is 8.63 Å². The Hall–Kier alpha value is -0.00312. The van der Waals surface area contributed by atoms with Crippen LogP contribution in [0.1, 0.15) is 67.7 Å². The normalized spacial score (nSPS) is 21.3. The van der Waals surface area contributed by atoms with Crippen LogP contribution in [0.4, 0.5) is 0 Å². The molecule has 0 aromatic carbocycles. The summed E-state index contributed by atoms with van der Waals surface area (Å²) < 4.78 is 22.8. The van der Waals surface area contributed by atoms with Gasteiger partial charge in [-0.1, -0.05) is 20.8 Å². The lowest BCUT2D eigenvalue weighted by atomic mass is 10.2. The summed E-state index contributed by atoms with van der Waals surface area (Å²) in [6.45, 7) is 19.3. The predicted molar refractivity (Wildman–Crippen MR) is 95.9 cm³/mol. The Kier molecular flexibility index (Phi) is 5.34. The fraction of sp³-hybridized carbons (Fsp3) is 0.938. The highest BCUT2D eigenvalue weighted by Gasteiger charge is 2.51. The molecule has 1 atom stereocenters. The summed E-state index contributed by atoms with van der Waals surface area (Å²) in [5, 5.41) is 0.224. The Morgan fingerprint density at radius 3 is 2.00 bits per heavy atom. The van der Waals surface area contributed by atoms with Crippen molar-refractivity contribution in [1.29, 1.82) is 0 Å². The first-order valence-electron chi connectivity index (χ1n) is 7.85. The van der Waals surface area contributed by atoms with Crippen LogP contribution in [0.5, 0.6) is 0 Å². The summed E-state index contributed by atoms with van der Waals surface area (Å²) in [5.74, 6) is 0. The van der Waals surface area contributed by atoms with E-state index in [9.17, 15) is 4.21 Å². The van der Waals surface area contributed by atoms with Crippen molar-refractivity contribution in [1.82, 2.24) is 0 Å². The summed E-state index contributed by atoms with van der Waals surface area (Å²) in [6, 6.07) is 0. The third-order valence-electron chi connectivity index (χ3n) is 4.43. The fourth-order valence-corrected chi connectivity index (χ4v) is 4.21. The maximum Gasteiger partial charge on any atom is 0.192 e. The Bertz CT molecular complexity index is 440. The van der Waals surface area contributed by atoms with Gasteiger partial charge < -0.3 is 4.43 Å². The standard InChI is InChI=1S/C16H33NO2SSi/c1-13(17-20(18)14(2,3)4)12-16(10-11-16)19-21(8,9)15(5,6)7/h10-12H2,1-9H3/b17-13+. The lowest BCUT2D eigenvalue weighted by molar-refractivity contribution is 0.165. The third kappa shape index (κ3) is 5.29. The van der Waals surface area contributed by atoms with Crippen LogP contribution in [-0.2, 0) is 15.4 Å². The second kappa shape index (κ2) is 5.89. The molecule has 124 valence electrons. The van der Waals surface area contributed by atoms with Gasteiger partial charge in [0.1, 0.15) is 11.0 Å². The fourth-order valence-electron chi connectivity index (χ4n) is 1.93.